The zero-order chi connectivity index (χ0) is 20.2. The molecule has 3 aromatic rings. The van der Waals surface area contributed by atoms with Gasteiger partial charge in [-0.25, -0.2) is 4.98 Å². The normalized spacial score (nSPS) is 17.2. The van der Waals surface area contributed by atoms with Crippen LogP contribution in [0.1, 0.15) is 36.2 Å². The van der Waals surface area contributed by atoms with Crippen LogP contribution in [0.5, 0.6) is 0 Å². The summed E-state index contributed by atoms with van der Waals surface area (Å²) >= 11 is 1.50. The Kier molecular flexibility index (Phi) is 6.28. The Balaban J connectivity index is 1.64. The minimum Gasteiger partial charge on any atom is -0.396 e. The maximum atomic E-state index is 13.1. The summed E-state index contributed by atoms with van der Waals surface area (Å²) in [5.41, 5.74) is 2.65. The lowest BCUT2D eigenvalue weighted by molar-refractivity contribution is 0.0569. The maximum Gasteiger partial charge on any atom is 0.273 e. The van der Waals surface area contributed by atoms with E-state index in [1.165, 1.54) is 11.3 Å². The van der Waals surface area contributed by atoms with Gasteiger partial charge in [-0.15, -0.1) is 11.3 Å². The van der Waals surface area contributed by atoms with Gasteiger partial charge in [0.25, 0.3) is 5.91 Å². The molecule has 0 bridgehead atoms. The number of ether oxygens (including phenoxy) is 1. The van der Waals surface area contributed by atoms with Crippen LogP contribution in [0.15, 0.2) is 35.7 Å². The van der Waals surface area contributed by atoms with E-state index in [2.05, 4.69) is 22.8 Å². The molecule has 4 rings (SSSR count). The number of aliphatic hydroxyl groups excluding tert-OH is 1. The second-order valence-electron chi connectivity index (χ2n) is 7.43. The van der Waals surface area contributed by atoms with Crippen LogP contribution in [0.25, 0.3) is 21.6 Å². The molecule has 154 valence electrons. The number of para-hydroxylation sites is 1. The van der Waals surface area contributed by atoms with Crippen molar-refractivity contribution in [1.82, 2.24) is 14.5 Å². The number of thiazole rings is 1. The van der Waals surface area contributed by atoms with Gasteiger partial charge in [0.05, 0.1) is 12.3 Å². The van der Waals surface area contributed by atoms with Gasteiger partial charge in [0.1, 0.15) is 10.7 Å². The van der Waals surface area contributed by atoms with E-state index in [0.29, 0.717) is 18.7 Å². The molecule has 0 saturated carbocycles. The van der Waals surface area contributed by atoms with Crippen molar-refractivity contribution in [3.8, 4) is 10.7 Å². The van der Waals surface area contributed by atoms with Crippen LogP contribution < -0.4 is 0 Å². The van der Waals surface area contributed by atoms with Crippen molar-refractivity contribution in [2.75, 3.05) is 26.9 Å². The van der Waals surface area contributed by atoms with Crippen molar-refractivity contribution in [3.63, 3.8) is 0 Å². The van der Waals surface area contributed by atoms with E-state index in [4.69, 9.17) is 9.72 Å². The molecule has 0 radical (unpaired) electrons. The fourth-order valence-electron chi connectivity index (χ4n) is 4.16. The van der Waals surface area contributed by atoms with Gasteiger partial charge in [0, 0.05) is 49.1 Å². The molecular formula is C22H27N3O3S. The summed E-state index contributed by atoms with van der Waals surface area (Å²) in [4.78, 5) is 19.7. The Bertz CT molecular complexity index is 979. The minimum atomic E-state index is -0.0230. The third-order valence-corrected chi connectivity index (χ3v) is 6.49. The number of likely N-dealkylation sites (tertiary alicyclic amines) is 1. The SMILES string of the molecule is COCCn1c(-c2nc(C(=O)N3CCCCC3CCO)cs2)cc2ccccc21. The molecule has 1 N–H and O–H groups in total. The summed E-state index contributed by atoms with van der Waals surface area (Å²) in [5, 5.41) is 13.2. The highest BCUT2D eigenvalue weighted by Crippen LogP contribution is 2.31. The average molecular weight is 414 g/mol. The Hall–Kier alpha value is -2.22. The molecular weight excluding hydrogens is 386 g/mol. The number of nitrogens with zero attached hydrogens (tertiary/aromatic N) is 3. The lowest BCUT2D eigenvalue weighted by Crippen LogP contribution is -2.44. The number of methoxy groups -OCH3 is 1. The van der Waals surface area contributed by atoms with Crippen LogP contribution in [-0.2, 0) is 11.3 Å². The first-order valence-electron chi connectivity index (χ1n) is 10.2. The van der Waals surface area contributed by atoms with Crippen molar-refractivity contribution < 1.29 is 14.6 Å². The third kappa shape index (κ3) is 4.08. The molecule has 1 saturated heterocycles. The fourth-order valence-corrected chi connectivity index (χ4v) is 4.98. The standard InChI is InChI=1S/C22H27N3O3S/c1-28-13-11-25-19-8-3-2-6-16(19)14-20(25)21-23-18(15-29-21)22(27)24-10-5-4-7-17(24)9-12-26/h2-3,6,8,14-15,17,26H,4-5,7,9-13H2,1H3. The van der Waals surface area contributed by atoms with Gasteiger partial charge in [-0.3, -0.25) is 4.79 Å². The van der Waals surface area contributed by atoms with Crippen molar-refractivity contribution in [2.24, 2.45) is 0 Å². The molecule has 2 aromatic heterocycles. The number of aliphatic hydroxyl groups is 1. The average Bonchev–Trinajstić information content (AvgIpc) is 3.37. The van der Waals surface area contributed by atoms with Crippen molar-refractivity contribution >= 4 is 28.1 Å². The molecule has 3 heterocycles. The number of aromatic nitrogens is 2. The topological polar surface area (TPSA) is 67.6 Å². The fraction of sp³-hybridized carbons (Fsp3) is 0.455. The Morgan fingerprint density at radius 3 is 3.03 bits per heavy atom. The number of rotatable bonds is 7. The van der Waals surface area contributed by atoms with Crippen molar-refractivity contribution in [2.45, 2.75) is 38.3 Å². The van der Waals surface area contributed by atoms with Gasteiger partial charge < -0.3 is 19.3 Å². The molecule has 7 heteroatoms. The van der Waals surface area contributed by atoms with Crippen LogP contribution in [-0.4, -0.2) is 58.4 Å². The molecule has 1 aromatic carbocycles. The summed E-state index contributed by atoms with van der Waals surface area (Å²) in [6, 6.07) is 10.5. The molecule has 1 fully saturated rings. The molecule has 0 spiro atoms. The molecule has 6 nitrogen and oxygen atoms in total. The molecule has 1 aliphatic heterocycles. The molecule has 1 atom stereocenters. The first-order valence-corrected chi connectivity index (χ1v) is 11.1. The van der Waals surface area contributed by atoms with Crippen LogP contribution >= 0.6 is 11.3 Å². The summed E-state index contributed by atoms with van der Waals surface area (Å²) in [6.07, 6.45) is 3.70. The highest BCUT2D eigenvalue weighted by atomic mass is 32.1. The van der Waals surface area contributed by atoms with E-state index >= 15 is 0 Å². The van der Waals surface area contributed by atoms with E-state index in [1.54, 1.807) is 7.11 Å². The minimum absolute atomic E-state index is 0.0230. The number of amides is 1. The number of hydrogen-bond acceptors (Lipinski definition) is 5. The van der Waals surface area contributed by atoms with Crippen LogP contribution in [0.3, 0.4) is 0 Å². The number of carbonyl (C=O) groups excluding carboxylic acids is 1. The summed E-state index contributed by atoms with van der Waals surface area (Å²) < 4.78 is 7.50. The Morgan fingerprint density at radius 2 is 2.21 bits per heavy atom. The first kappa shape index (κ1) is 20.1. The monoisotopic (exact) mass is 413 g/mol. The predicted molar refractivity (Wildman–Crippen MR) is 115 cm³/mol. The van der Waals surface area contributed by atoms with E-state index in [0.717, 1.165) is 54.0 Å². The maximum absolute atomic E-state index is 13.1. The number of fused-ring (bicyclic) bond motifs is 1. The van der Waals surface area contributed by atoms with Gasteiger partial charge in [0.15, 0.2) is 0 Å². The van der Waals surface area contributed by atoms with Crippen LogP contribution in [0.4, 0.5) is 0 Å². The van der Waals surface area contributed by atoms with E-state index in [9.17, 15) is 9.90 Å². The smallest absolute Gasteiger partial charge is 0.273 e. The molecule has 1 amide bonds. The summed E-state index contributed by atoms with van der Waals surface area (Å²) in [6.45, 7) is 2.19. The van der Waals surface area contributed by atoms with E-state index in [-0.39, 0.29) is 18.6 Å². The Labute approximate surface area is 174 Å². The van der Waals surface area contributed by atoms with E-state index < -0.39 is 0 Å². The van der Waals surface area contributed by atoms with Crippen LogP contribution in [0.2, 0.25) is 0 Å². The highest BCUT2D eigenvalue weighted by Gasteiger charge is 2.28. The van der Waals surface area contributed by atoms with Crippen molar-refractivity contribution in [1.29, 1.82) is 0 Å². The number of hydrogen-bond donors (Lipinski definition) is 1. The highest BCUT2D eigenvalue weighted by molar-refractivity contribution is 7.13. The van der Waals surface area contributed by atoms with Gasteiger partial charge in [-0.1, -0.05) is 18.2 Å². The molecule has 1 unspecified atom stereocenters. The van der Waals surface area contributed by atoms with Gasteiger partial charge >= 0.3 is 0 Å². The zero-order valence-corrected chi connectivity index (χ0v) is 17.5. The lowest BCUT2D eigenvalue weighted by atomic mass is 9.99. The second kappa shape index (κ2) is 9.07. The first-order chi connectivity index (χ1) is 14.2. The quantitative estimate of drug-likeness (QED) is 0.640. The number of piperidine rings is 1. The van der Waals surface area contributed by atoms with Crippen LogP contribution in [0, 0.1) is 0 Å². The number of benzene rings is 1. The van der Waals surface area contributed by atoms with Gasteiger partial charge in [-0.2, -0.15) is 0 Å². The van der Waals surface area contributed by atoms with Gasteiger partial charge in [-0.05, 0) is 37.8 Å². The largest absolute Gasteiger partial charge is 0.396 e. The summed E-state index contributed by atoms with van der Waals surface area (Å²) in [7, 11) is 1.70. The second-order valence-corrected chi connectivity index (χ2v) is 8.29. The summed E-state index contributed by atoms with van der Waals surface area (Å²) in [5.74, 6) is -0.0230. The molecule has 29 heavy (non-hydrogen) atoms. The molecule has 1 aliphatic rings. The predicted octanol–water partition coefficient (Wildman–Crippen LogP) is 3.79. The number of carbonyl (C=O) groups is 1. The Morgan fingerprint density at radius 1 is 1.34 bits per heavy atom. The lowest BCUT2D eigenvalue weighted by Gasteiger charge is -2.35. The van der Waals surface area contributed by atoms with E-state index in [1.807, 2.05) is 22.4 Å². The third-order valence-electron chi connectivity index (χ3n) is 5.62. The zero-order valence-electron chi connectivity index (χ0n) is 16.7. The van der Waals surface area contributed by atoms with Gasteiger partial charge in [0.2, 0.25) is 0 Å². The molecule has 0 aliphatic carbocycles. The van der Waals surface area contributed by atoms with Crippen molar-refractivity contribution in [3.05, 3.63) is 41.4 Å².